The van der Waals surface area contributed by atoms with Crippen LogP contribution < -0.4 is 9.64 Å². The average Bonchev–Trinajstić information content (AvgIpc) is 3.35. The second-order valence-corrected chi connectivity index (χ2v) is 7.44. The van der Waals surface area contributed by atoms with E-state index in [2.05, 4.69) is 0 Å². The predicted molar refractivity (Wildman–Crippen MR) is 113 cm³/mol. The van der Waals surface area contributed by atoms with Crippen LogP contribution >= 0.6 is 11.8 Å². The molecule has 1 aromatic heterocycles. The van der Waals surface area contributed by atoms with Crippen molar-refractivity contribution in [3.8, 4) is 5.75 Å². The summed E-state index contributed by atoms with van der Waals surface area (Å²) in [5, 5.41) is 0. The molecule has 0 unspecified atom stereocenters. The van der Waals surface area contributed by atoms with E-state index in [9.17, 15) is 14.0 Å². The zero-order chi connectivity index (χ0) is 21.1. The Kier molecular flexibility index (Phi) is 5.72. The standard InChI is InChI=1S/C23H18FNO4S/c1-2-28-18-11-5-15(6-12-18)20-21(30-14-19-4-3-13-29-19)23(27)25(22(20)26)17-9-7-16(24)8-10-17/h3-13H,2,14H2,1H3. The fourth-order valence-electron chi connectivity index (χ4n) is 3.15. The molecule has 0 aliphatic carbocycles. The number of halogens is 1. The predicted octanol–water partition coefficient (Wildman–Crippen LogP) is 5.04. The number of hydrogen-bond acceptors (Lipinski definition) is 5. The van der Waals surface area contributed by atoms with Crippen LogP contribution in [0.4, 0.5) is 10.1 Å². The maximum absolute atomic E-state index is 13.3. The van der Waals surface area contributed by atoms with Gasteiger partial charge in [-0.25, -0.2) is 9.29 Å². The first-order valence-corrected chi connectivity index (χ1v) is 10.3. The van der Waals surface area contributed by atoms with E-state index in [1.54, 1.807) is 36.6 Å². The number of furan rings is 1. The molecule has 2 heterocycles. The van der Waals surface area contributed by atoms with Crippen molar-refractivity contribution in [2.75, 3.05) is 11.5 Å². The largest absolute Gasteiger partial charge is 0.494 e. The Labute approximate surface area is 177 Å². The molecule has 0 saturated carbocycles. The Balaban J connectivity index is 1.72. The number of carbonyl (C=O) groups excluding carboxylic acids is 2. The van der Waals surface area contributed by atoms with Crippen LogP contribution in [0.3, 0.4) is 0 Å². The first kappa shape index (κ1) is 20.0. The van der Waals surface area contributed by atoms with Gasteiger partial charge >= 0.3 is 0 Å². The normalized spacial score (nSPS) is 14.0. The minimum absolute atomic E-state index is 0.309. The lowest BCUT2D eigenvalue weighted by Crippen LogP contribution is -2.31. The Morgan fingerprint density at radius 1 is 1.00 bits per heavy atom. The SMILES string of the molecule is CCOc1ccc(C2=C(SCc3ccco3)C(=O)N(c3ccc(F)cc3)C2=O)cc1. The molecule has 152 valence electrons. The van der Waals surface area contributed by atoms with Gasteiger partial charge in [0.15, 0.2) is 0 Å². The summed E-state index contributed by atoms with van der Waals surface area (Å²) in [5.41, 5.74) is 1.25. The molecule has 0 radical (unpaired) electrons. The molecule has 0 saturated heterocycles. The molecule has 0 bridgehead atoms. The lowest BCUT2D eigenvalue weighted by atomic mass is 10.1. The lowest BCUT2D eigenvalue weighted by molar-refractivity contribution is -0.119. The van der Waals surface area contributed by atoms with Gasteiger partial charge in [0.1, 0.15) is 17.3 Å². The van der Waals surface area contributed by atoms with Gasteiger partial charge in [-0.05, 0) is 61.0 Å². The Morgan fingerprint density at radius 3 is 2.37 bits per heavy atom. The van der Waals surface area contributed by atoms with Crippen LogP contribution in [0.25, 0.3) is 5.57 Å². The maximum Gasteiger partial charge on any atom is 0.272 e. The summed E-state index contributed by atoms with van der Waals surface area (Å²) in [7, 11) is 0. The third-order valence-corrected chi connectivity index (χ3v) is 5.62. The molecule has 1 aliphatic heterocycles. The third kappa shape index (κ3) is 3.89. The molecule has 30 heavy (non-hydrogen) atoms. The molecule has 5 nitrogen and oxygen atoms in total. The minimum Gasteiger partial charge on any atom is -0.494 e. The highest BCUT2D eigenvalue weighted by atomic mass is 32.2. The van der Waals surface area contributed by atoms with Crippen LogP contribution in [-0.4, -0.2) is 18.4 Å². The van der Waals surface area contributed by atoms with Crippen molar-refractivity contribution < 1.29 is 23.1 Å². The molecule has 0 fully saturated rings. The van der Waals surface area contributed by atoms with Crippen molar-refractivity contribution >= 4 is 34.8 Å². The van der Waals surface area contributed by atoms with Crippen molar-refractivity contribution in [3.05, 3.63) is 89.0 Å². The second kappa shape index (κ2) is 8.59. The monoisotopic (exact) mass is 423 g/mol. The Morgan fingerprint density at radius 2 is 1.73 bits per heavy atom. The summed E-state index contributed by atoms with van der Waals surface area (Å²) in [4.78, 5) is 27.9. The van der Waals surface area contributed by atoms with Crippen LogP contribution in [0.15, 0.2) is 76.2 Å². The van der Waals surface area contributed by atoms with Gasteiger partial charge in [-0.1, -0.05) is 12.1 Å². The smallest absolute Gasteiger partial charge is 0.272 e. The number of benzene rings is 2. The Bertz CT molecular complexity index is 1090. The highest BCUT2D eigenvalue weighted by molar-refractivity contribution is 8.03. The van der Waals surface area contributed by atoms with Gasteiger partial charge in [-0.15, -0.1) is 11.8 Å². The van der Waals surface area contributed by atoms with E-state index in [-0.39, 0.29) is 0 Å². The van der Waals surface area contributed by atoms with E-state index in [1.165, 1.54) is 36.0 Å². The molecular weight excluding hydrogens is 405 g/mol. The molecule has 2 amide bonds. The molecule has 2 aromatic carbocycles. The van der Waals surface area contributed by atoms with Gasteiger partial charge in [0.2, 0.25) is 0 Å². The van der Waals surface area contributed by atoms with E-state index in [1.807, 2.05) is 13.0 Å². The third-order valence-electron chi connectivity index (χ3n) is 4.52. The van der Waals surface area contributed by atoms with E-state index in [0.29, 0.717) is 45.6 Å². The van der Waals surface area contributed by atoms with Crippen LogP contribution in [0.5, 0.6) is 5.75 Å². The molecule has 0 spiro atoms. The van der Waals surface area contributed by atoms with E-state index in [4.69, 9.17) is 9.15 Å². The summed E-state index contributed by atoms with van der Waals surface area (Å²) >= 11 is 1.24. The number of carbonyl (C=O) groups is 2. The number of thioether (sulfide) groups is 1. The van der Waals surface area contributed by atoms with Gasteiger partial charge in [0.25, 0.3) is 11.8 Å². The topological polar surface area (TPSA) is 59.8 Å². The van der Waals surface area contributed by atoms with Crippen molar-refractivity contribution in [2.24, 2.45) is 0 Å². The van der Waals surface area contributed by atoms with Gasteiger partial charge in [-0.2, -0.15) is 0 Å². The van der Waals surface area contributed by atoms with E-state index < -0.39 is 17.6 Å². The summed E-state index contributed by atoms with van der Waals surface area (Å²) in [6, 6.07) is 15.9. The summed E-state index contributed by atoms with van der Waals surface area (Å²) in [5.74, 6) is 0.451. The van der Waals surface area contributed by atoms with Gasteiger partial charge in [0.05, 0.1) is 34.8 Å². The number of hydrogen-bond donors (Lipinski definition) is 0. The second-order valence-electron chi connectivity index (χ2n) is 6.45. The summed E-state index contributed by atoms with van der Waals surface area (Å²) in [6.07, 6.45) is 1.56. The average molecular weight is 423 g/mol. The zero-order valence-electron chi connectivity index (χ0n) is 16.1. The fourth-order valence-corrected chi connectivity index (χ4v) is 4.16. The molecule has 0 atom stereocenters. The van der Waals surface area contributed by atoms with Gasteiger partial charge < -0.3 is 9.15 Å². The molecule has 1 aliphatic rings. The number of imide groups is 1. The Hall–Kier alpha value is -3.32. The lowest BCUT2D eigenvalue weighted by Gasteiger charge is -2.15. The van der Waals surface area contributed by atoms with Crippen molar-refractivity contribution in [1.29, 1.82) is 0 Å². The van der Waals surface area contributed by atoms with Gasteiger partial charge in [0, 0.05) is 0 Å². The first-order valence-electron chi connectivity index (χ1n) is 9.35. The van der Waals surface area contributed by atoms with E-state index in [0.717, 1.165) is 4.90 Å². The van der Waals surface area contributed by atoms with Gasteiger partial charge in [-0.3, -0.25) is 9.59 Å². The minimum atomic E-state index is -0.447. The quantitative estimate of drug-likeness (QED) is 0.499. The number of anilines is 1. The fraction of sp³-hybridized carbons (Fsp3) is 0.130. The highest BCUT2D eigenvalue weighted by Crippen LogP contribution is 2.40. The number of nitrogens with zero attached hydrogens (tertiary/aromatic N) is 1. The van der Waals surface area contributed by atoms with Crippen molar-refractivity contribution in [2.45, 2.75) is 12.7 Å². The summed E-state index contributed by atoms with van der Waals surface area (Å²) in [6.45, 7) is 2.42. The van der Waals surface area contributed by atoms with Crippen LogP contribution in [-0.2, 0) is 15.3 Å². The molecule has 4 rings (SSSR count). The molecular formula is C23H18FNO4S. The first-order chi connectivity index (χ1) is 14.6. The van der Waals surface area contributed by atoms with Crippen molar-refractivity contribution in [3.63, 3.8) is 0 Å². The molecule has 7 heteroatoms. The highest BCUT2D eigenvalue weighted by Gasteiger charge is 2.40. The molecule has 3 aromatic rings. The zero-order valence-corrected chi connectivity index (χ0v) is 16.9. The number of ether oxygens (including phenoxy) is 1. The summed E-state index contributed by atoms with van der Waals surface area (Å²) < 4.78 is 24.2. The number of amides is 2. The van der Waals surface area contributed by atoms with Crippen LogP contribution in [0.1, 0.15) is 18.2 Å². The molecule has 0 N–H and O–H groups in total. The van der Waals surface area contributed by atoms with Crippen molar-refractivity contribution in [1.82, 2.24) is 0 Å². The number of rotatable bonds is 7. The maximum atomic E-state index is 13.3. The van der Waals surface area contributed by atoms with Crippen LogP contribution in [0.2, 0.25) is 0 Å². The van der Waals surface area contributed by atoms with Crippen LogP contribution in [0, 0.1) is 5.82 Å². The van der Waals surface area contributed by atoms with E-state index >= 15 is 0 Å².